The third-order valence-corrected chi connectivity index (χ3v) is 5.00. The zero-order chi connectivity index (χ0) is 19.7. The van der Waals surface area contributed by atoms with Gasteiger partial charge in [-0.25, -0.2) is 9.98 Å². The highest BCUT2D eigenvalue weighted by Gasteiger charge is 2.23. The highest BCUT2D eigenvalue weighted by atomic mass is 16.3. The maximum absolute atomic E-state index is 12.4. The van der Waals surface area contributed by atoms with E-state index in [-0.39, 0.29) is 12.2 Å². The molecule has 1 aliphatic heterocycles. The van der Waals surface area contributed by atoms with Gasteiger partial charge in [-0.15, -0.1) is 0 Å². The van der Waals surface area contributed by atoms with Crippen molar-refractivity contribution in [3.63, 3.8) is 0 Å². The van der Waals surface area contributed by atoms with E-state index in [0.717, 1.165) is 29.7 Å². The molecule has 1 aliphatic rings. The summed E-state index contributed by atoms with van der Waals surface area (Å²) in [6.07, 6.45) is 1.80. The van der Waals surface area contributed by atoms with Gasteiger partial charge in [0.15, 0.2) is 11.2 Å². The first-order valence-corrected chi connectivity index (χ1v) is 9.30. The van der Waals surface area contributed by atoms with E-state index in [1.807, 2.05) is 42.2 Å². The Morgan fingerprint density at radius 2 is 2.00 bits per heavy atom. The number of aryl methyl sites for hydroxylation is 2. The van der Waals surface area contributed by atoms with Crippen LogP contribution in [0.15, 0.2) is 52.3 Å². The molecular formula is C22H22N4O2. The first-order chi connectivity index (χ1) is 13.6. The lowest BCUT2D eigenvalue weighted by Gasteiger charge is -2.28. The maximum atomic E-state index is 12.4. The van der Waals surface area contributed by atoms with Crippen molar-refractivity contribution in [2.24, 2.45) is 4.99 Å². The number of rotatable bonds is 5. The number of nitrogens with one attached hydrogen (secondary N) is 1. The first kappa shape index (κ1) is 18.1. The summed E-state index contributed by atoms with van der Waals surface area (Å²) in [5.74, 6) is 0.516. The van der Waals surface area contributed by atoms with Crippen molar-refractivity contribution in [2.45, 2.75) is 26.4 Å². The Kier molecular flexibility index (Phi) is 4.79. The number of H-pyrrole nitrogens is 1. The minimum atomic E-state index is -0.294. The van der Waals surface area contributed by atoms with Crippen LogP contribution in [0.5, 0.6) is 0 Å². The molecule has 142 valence electrons. The molecule has 0 saturated carbocycles. The Hall–Kier alpha value is -3.25. The molecule has 0 amide bonds. The Morgan fingerprint density at radius 1 is 1.21 bits per heavy atom. The molecule has 0 aliphatic carbocycles. The summed E-state index contributed by atoms with van der Waals surface area (Å²) in [6.45, 7) is 6.34. The van der Waals surface area contributed by atoms with Crippen LogP contribution in [0.3, 0.4) is 0 Å². The van der Waals surface area contributed by atoms with Gasteiger partial charge in [0.25, 0.3) is 5.56 Å². The summed E-state index contributed by atoms with van der Waals surface area (Å²) >= 11 is 0. The van der Waals surface area contributed by atoms with Crippen LogP contribution in [0.4, 0.5) is 17.2 Å². The van der Waals surface area contributed by atoms with Gasteiger partial charge < -0.3 is 15.0 Å². The van der Waals surface area contributed by atoms with Crippen molar-refractivity contribution in [1.29, 1.82) is 0 Å². The predicted molar refractivity (Wildman–Crippen MR) is 110 cm³/mol. The van der Waals surface area contributed by atoms with Crippen molar-refractivity contribution in [3.8, 4) is 0 Å². The standard InChI is InChI=1S/C22H22N4O2/c1-14-11-18-19(12-17(14)13-27)26(10-6-9-16-7-4-3-5-8-16)21-20(25-18)22(28)24-15(2)23-21/h3-5,7-8,11-12,27H,2,6,9-10,13H2,1H3,(H,24,28). The van der Waals surface area contributed by atoms with Crippen molar-refractivity contribution in [2.75, 3.05) is 11.4 Å². The van der Waals surface area contributed by atoms with Crippen molar-refractivity contribution < 1.29 is 5.11 Å². The van der Waals surface area contributed by atoms with Gasteiger partial charge in [-0.2, -0.15) is 0 Å². The average Bonchev–Trinajstić information content (AvgIpc) is 2.68. The predicted octanol–water partition coefficient (Wildman–Crippen LogP) is 2.02. The summed E-state index contributed by atoms with van der Waals surface area (Å²) < 4.78 is 0. The molecular weight excluding hydrogens is 352 g/mol. The lowest BCUT2D eigenvalue weighted by molar-refractivity contribution is 0.281. The molecule has 0 radical (unpaired) electrons. The van der Waals surface area contributed by atoms with Crippen LogP contribution >= 0.6 is 0 Å². The molecule has 0 atom stereocenters. The van der Waals surface area contributed by atoms with Gasteiger partial charge in [-0.05, 0) is 48.6 Å². The zero-order valence-electron chi connectivity index (χ0n) is 15.8. The molecule has 1 aromatic heterocycles. The van der Waals surface area contributed by atoms with Crippen LogP contribution in [0.1, 0.15) is 23.1 Å². The van der Waals surface area contributed by atoms with E-state index in [1.54, 1.807) is 0 Å². The molecule has 4 rings (SSSR count). The minimum Gasteiger partial charge on any atom is -0.392 e. The molecule has 0 fully saturated rings. The quantitative estimate of drug-likeness (QED) is 0.716. The molecule has 3 aromatic rings. The highest BCUT2D eigenvalue weighted by Crippen LogP contribution is 2.37. The van der Waals surface area contributed by atoms with Gasteiger partial charge in [0.05, 0.1) is 18.0 Å². The molecule has 6 nitrogen and oxygen atoms in total. The molecule has 0 spiro atoms. The molecule has 2 N–H and O–H groups in total. The third-order valence-electron chi connectivity index (χ3n) is 5.00. The van der Waals surface area contributed by atoms with Gasteiger partial charge in [0, 0.05) is 6.54 Å². The Labute approximate surface area is 162 Å². The number of nitrogens with zero attached hydrogens (tertiary/aromatic N) is 3. The lowest BCUT2D eigenvalue weighted by Crippen LogP contribution is -2.42. The van der Waals surface area contributed by atoms with Crippen LogP contribution in [0.25, 0.3) is 6.58 Å². The number of aliphatic hydroxyl groups is 1. The van der Waals surface area contributed by atoms with Crippen LogP contribution in [-0.2, 0) is 13.0 Å². The lowest BCUT2D eigenvalue weighted by atomic mass is 10.0. The molecule has 0 saturated heterocycles. The van der Waals surface area contributed by atoms with Crippen molar-refractivity contribution >= 4 is 23.8 Å². The largest absolute Gasteiger partial charge is 0.392 e. The molecule has 28 heavy (non-hydrogen) atoms. The molecule has 6 heteroatoms. The Balaban J connectivity index is 1.77. The Bertz CT molecular complexity index is 1190. The van der Waals surface area contributed by atoms with Gasteiger partial charge in [0.1, 0.15) is 5.48 Å². The second-order valence-corrected chi connectivity index (χ2v) is 6.96. The number of hydrogen-bond donors (Lipinski definition) is 2. The maximum Gasteiger partial charge on any atom is 0.279 e. The number of anilines is 2. The number of fused-ring (bicyclic) bond motifs is 2. The number of benzene rings is 2. The summed E-state index contributed by atoms with van der Waals surface area (Å²) in [5, 5.41) is 9.99. The second kappa shape index (κ2) is 7.40. The first-order valence-electron chi connectivity index (χ1n) is 9.30. The summed E-state index contributed by atoms with van der Waals surface area (Å²) in [6, 6.07) is 14.1. The van der Waals surface area contributed by atoms with Crippen molar-refractivity contribution in [1.82, 2.24) is 9.97 Å². The van der Waals surface area contributed by atoms with Crippen LogP contribution in [-0.4, -0.2) is 21.6 Å². The smallest absolute Gasteiger partial charge is 0.279 e. The van der Waals surface area contributed by atoms with Crippen LogP contribution < -0.4 is 21.3 Å². The Morgan fingerprint density at radius 3 is 2.75 bits per heavy atom. The van der Waals surface area contributed by atoms with E-state index in [9.17, 15) is 9.90 Å². The monoisotopic (exact) mass is 374 g/mol. The fraction of sp³-hybridized carbons (Fsp3) is 0.227. The van der Waals surface area contributed by atoms with E-state index in [4.69, 9.17) is 0 Å². The summed E-state index contributed by atoms with van der Waals surface area (Å²) in [7, 11) is 0. The van der Waals surface area contributed by atoms with E-state index in [0.29, 0.717) is 28.9 Å². The van der Waals surface area contributed by atoms with Crippen molar-refractivity contribution in [3.05, 3.63) is 80.3 Å². The van der Waals surface area contributed by atoms with Gasteiger partial charge >= 0.3 is 0 Å². The molecule has 0 unspecified atom stereocenters. The second-order valence-electron chi connectivity index (χ2n) is 6.96. The third kappa shape index (κ3) is 3.34. The summed E-state index contributed by atoms with van der Waals surface area (Å²) in [4.78, 5) is 26.1. The van der Waals surface area contributed by atoms with E-state index in [1.165, 1.54) is 5.56 Å². The molecule has 2 aromatic carbocycles. The fourth-order valence-electron chi connectivity index (χ4n) is 3.54. The number of hydrogen-bond acceptors (Lipinski definition) is 5. The minimum absolute atomic E-state index is 0.0484. The summed E-state index contributed by atoms with van der Waals surface area (Å²) in [5.41, 5.74) is 4.63. The van der Waals surface area contributed by atoms with Crippen LogP contribution in [0, 0.1) is 6.92 Å². The van der Waals surface area contributed by atoms with E-state index >= 15 is 0 Å². The number of aromatic amines is 1. The average molecular weight is 374 g/mol. The topological polar surface area (TPSA) is 81.6 Å². The number of aliphatic hydroxyl groups excluding tert-OH is 1. The number of aromatic nitrogens is 2. The van der Waals surface area contributed by atoms with Gasteiger partial charge in [-0.1, -0.05) is 36.9 Å². The van der Waals surface area contributed by atoms with Gasteiger partial charge in [0.2, 0.25) is 0 Å². The van der Waals surface area contributed by atoms with E-state index < -0.39 is 0 Å². The SMILES string of the molecule is C=c1nc2c(c(=O)[nH]1)=Nc1cc(C)c(CO)cc1N2CCCc1ccccc1. The van der Waals surface area contributed by atoms with E-state index in [2.05, 4.69) is 33.7 Å². The van der Waals surface area contributed by atoms with Crippen LogP contribution in [0.2, 0.25) is 0 Å². The highest BCUT2D eigenvalue weighted by molar-refractivity contribution is 5.77. The normalized spacial score (nSPS) is 12.3. The zero-order valence-corrected chi connectivity index (χ0v) is 15.8. The molecule has 2 heterocycles. The fourth-order valence-corrected chi connectivity index (χ4v) is 3.54. The van der Waals surface area contributed by atoms with Gasteiger partial charge in [-0.3, -0.25) is 4.79 Å². The molecule has 0 bridgehead atoms.